The summed E-state index contributed by atoms with van der Waals surface area (Å²) in [6, 6.07) is 0.379. The lowest BCUT2D eigenvalue weighted by Gasteiger charge is -2.39. The van der Waals surface area contributed by atoms with Gasteiger partial charge >= 0.3 is 6.09 Å². The number of guanidine groups is 1. The Balaban J connectivity index is 0.00000364. The van der Waals surface area contributed by atoms with Crippen LogP contribution in [0.4, 0.5) is 4.79 Å². The molecule has 2 heterocycles. The molecule has 2 rings (SSSR count). The number of amides is 2. The van der Waals surface area contributed by atoms with Gasteiger partial charge in [-0.25, -0.2) is 4.79 Å². The van der Waals surface area contributed by atoms with Crippen molar-refractivity contribution in [3.05, 3.63) is 0 Å². The van der Waals surface area contributed by atoms with E-state index in [0.29, 0.717) is 32.6 Å². The molecule has 0 bridgehead atoms. The number of ether oxygens (including phenoxy) is 1. The second-order valence-corrected chi connectivity index (χ2v) is 7.99. The van der Waals surface area contributed by atoms with Crippen molar-refractivity contribution in [2.45, 2.75) is 65.1 Å². The van der Waals surface area contributed by atoms with Crippen molar-refractivity contribution in [3.63, 3.8) is 0 Å². The van der Waals surface area contributed by atoms with Gasteiger partial charge in [0.05, 0.1) is 12.6 Å². The smallest absolute Gasteiger partial charge is 0.410 e. The lowest BCUT2D eigenvalue weighted by atomic mass is 10.2. The summed E-state index contributed by atoms with van der Waals surface area (Å²) in [5.41, 5.74) is -0.483. The van der Waals surface area contributed by atoms with E-state index in [9.17, 15) is 9.59 Å². The predicted octanol–water partition coefficient (Wildman–Crippen LogP) is 1.79. The molecule has 0 radical (unpaired) electrons. The number of hydrogen-bond acceptors (Lipinski definition) is 6. The third-order valence-electron chi connectivity index (χ3n) is 4.51. The van der Waals surface area contributed by atoms with Crippen LogP contribution >= 0.6 is 24.0 Å². The SMILES string of the molecule is CCC(C)NC(=O)CCNC1=NCC2CN(C(=O)OC(C)(C)C)CCN12.I. The quantitative estimate of drug-likeness (QED) is 0.569. The molecule has 9 heteroatoms. The minimum Gasteiger partial charge on any atom is -0.444 e. The summed E-state index contributed by atoms with van der Waals surface area (Å²) in [6.07, 6.45) is 1.08. The Kier molecular flexibility index (Phi) is 9.10. The number of fused-ring (bicyclic) bond motifs is 1. The molecule has 2 aliphatic rings. The first kappa shape index (κ1) is 23.8. The molecule has 0 aromatic rings. The maximum atomic E-state index is 12.2. The fourth-order valence-corrected chi connectivity index (χ4v) is 2.96. The summed E-state index contributed by atoms with van der Waals surface area (Å²) in [4.78, 5) is 32.6. The molecule has 2 atom stereocenters. The van der Waals surface area contributed by atoms with Gasteiger partial charge in [-0.05, 0) is 34.1 Å². The van der Waals surface area contributed by atoms with Crippen molar-refractivity contribution in [1.29, 1.82) is 0 Å². The summed E-state index contributed by atoms with van der Waals surface area (Å²) < 4.78 is 5.46. The molecule has 0 aliphatic carbocycles. The maximum Gasteiger partial charge on any atom is 0.410 e. The van der Waals surface area contributed by atoms with Gasteiger partial charge in [-0.15, -0.1) is 24.0 Å². The van der Waals surface area contributed by atoms with E-state index in [1.54, 1.807) is 4.90 Å². The van der Waals surface area contributed by atoms with Crippen LogP contribution in [0.3, 0.4) is 0 Å². The standard InChI is InChI=1S/C18H33N5O3.HI/c1-6-13(2)21-15(24)7-8-19-16-20-11-14-12-22(9-10-23(14)16)17(25)26-18(3,4)5;/h13-14H,6-12H2,1-5H3,(H,19,20)(H,21,24);1H. The van der Waals surface area contributed by atoms with E-state index in [-0.39, 0.29) is 48.1 Å². The second kappa shape index (κ2) is 10.3. The van der Waals surface area contributed by atoms with Crippen LogP contribution in [0.15, 0.2) is 4.99 Å². The number of rotatable bonds is 5. The van der Waals surface area contributed by atoms with Gasteiger partial charge in [0.1, 0.15) is 5.60 Å². The summed E-state index contributed by atoms with van der Waals surface area (Å²) >= 11 is 0. The second-order valence-electron chi connectivity index (χ2n) is 7.99. The van der Waals surface area contributed by atoms with Crippen LogP contribution in [0.25, 0.3) is 0 Å². The fourth-order valence-electron chi connectivity index (χ4n) is 2.96. The minimum atomic E-state index is -0.483. The number of halogens is 1. The highest BCUT2D eigenvalue weighted by molar-refractivity contribution is 14.0. The molecule has 0 aromatic carbocycles. The maximum absolute atomic E-state index is 12.2. The third kappa shape index (κ3) is 7.34. The molecule has 2 N–H and O–H groups in total. The molecule has 27 heavy (non-hydrogen) atoms. The van der Waals surface area contributed by atoms with Crippen molar-refractivity contribution in [1.82, 2.24) is 20.4 Å². The lowest BCUT2D eigenvalue weighted by Crippen LogP contribution is -2.57. The van der Waals surface area contributed by atoms with Crippen LogP contribution in [0.2, 0.25) is 0 Å². The van der Waals surface area contributed by atoms with Gasteiger partial charge in [-0.1, -0.05) is 6.92 Å². The van der Waals surface area contributed by atoms with Crippen LogP contribution in [-0.2, 0) is 9.53 Å². The summed E-state index contributed by atoms with van der Waals surface area (Å²) in [7, 11) is 0. The molecule has 0 spiro atoms. The van der Waals surface area contributed by atoms with Crippen LogP contribution in [0.5, 0.6) is 0 Å². The van der Waals surface area contributed by atoms with Crippen molar-refractivity contribution < 1.29 is 14.3 Å². The van der Waals surface area contributed by atoms with Crippen molar-refractivity contribution >= 4 is 41.9 Å². The molecule has 2 unspecified atom stereocenters. The van der Waals surface area contributed by atoms with Crippen molar-refractivity contribution in [2.75, 3.05) is 32.7 Å². The van der Waals surface area contributed by atoms with Crippen molar-refractivity contribution in [3.8, 4) is 0 Å². The van der Waals surface area contributed by atoms with E-state index in [2.05, 4.69) is 20.5 Å². The third-order valence-corrected chi connectivity index (χ3v) is 4.51. The summed E-state index contributed by atoms with van der Waals surface area (Å²) in [6.45, 7) is 12.8. The van der Waals surface area contributed by atoms with Gasteiger partial charge in [0.2, 0.25) is 5.91 Å². The summed E-state index contributed by atoms with van der Waals surface area (Å²) in [5, 5.41) is 6.22. The zero-order valence-electron chi connectivity index (χ0n) is 17.1. The molecule has 156 valence electrons. The molecule has 0 aromatic heterocycles. The molecule has 0 saturated carbocycles. The first-order valence-corrected chi connectivity index (χ1v) is 9.52. The highest BCUT2D eigenvalue weighted by atomic mass is 127. The van der Waals surface area contributed by atoms with E-state index >= 15 is 0 Å². The Morgan fingerprint density at radius 3 is 2.67 bits per heavy atom. The Labute approximate surface area is 179 Å². The zero-order valence-corrected chi connectivity index (χ0v) is 19.4. The van der Waals surface area contributed by atoms with Gasteiger partial charge in [-0.2, -0.15) is 0 Å². The minimum absolute atomic E-state index is 0. The largest absolute Gasteiger partial charge is 0.444 e. The van der Waals surface area contributed by atoms with E-state index in [0.717, 1.165) is 18.9 Å². The highest BCUT2D eigenvalue weighted by Gasteiger charge is 2.36. The van der Waals surface area contributed by atoms with Gasteiger partial charge in [0.25, 0.3) is 0 Å². The first-order valence-electron chi connectivity index (χ1n) is 9.52. The normalized spacial score (nSPS) is 20.2. The van der Waals surface area contributed by atoms with Gasteiger partial charge in [0.15, 0.2) is 5.96 Å². The van der Waals surface area contributed by atoms with E-state index in [1.807, 2.05) is 34.6 Å². The first-order chi connectivity index (χ1) is 12.2. The lowest BCUT2D eigenvalue weighted by molar-refractivity contribution is -0.121. The van der Waals surface area contributed by atoms with Crippen LogP contribution in [0, 0.1) is 0 Å². The molecule has 1 fully saturated rings. The Hall–Kier alpha value is -1.26. The average Bonchev–Trinajstić information content (AvgIpc) is 2.95. The van der Waals surface area contributed by atoms with Gasteiger partial charge < -0.3 is 25.2 Å². The van der Waals surface area contributed by atoms with Crippen LogP contribution in [-0.4, -0.2) is 78.2 Å². The van der Waals surface area contributed by atoms with Gasteiger partial charge in [-0.3, -0.25) is 9.79 Å². The van der Waals surface area contributed by atoms with Crippen LogP contribution < -0.4 is 10.6 Å². The highest BCUT2D eigenvalue weighted by Crippen LogP contribution is 2.18. The Morgan fingerprint density at radius 2 is 2.04 bits per heavy atom. The number of hydrogen-bond donors (Lipinski definition) is 2. The van der Waals surface area contributed by atoms with E-state index in [4.69, 9.17) is 4.74 Å². The van der Waals surface area contributed by atoms with Crippen LogP contribution in [0.1, 0.15) is 47.5 Å². The van der Waals surface area contributed by atoms with Gasteiger partial charge in [0, 0.05) is 38.6 Å². The number of carbonyl (C=O) groups is 2. The van der Waals surface area contributed by atoms with E-state index in [1.165, 1.54) is 0 Å². The number of piperazine rings is 1. The molecule has 8 nitrogen and oxygen atoms in total. The fraction of sp³-hybridized carbons (Fsp3) is 0.833. The topological polar surface area (TPSA) is 86.3 Å². The van der Waals surface area contributed by atoms with E-state index < -0.39 is 5.60 Å². The van der Waals surface area contributed by atoms with Crippen molar-refractivity contribution in [2.24, 2.45) is 4.99 Å². The predicted molar refractivity (Wildman–Crippen MR) is 117 cm³/mol. The Bertz CT molecular complexity index is 550. The number of nitrogens with zero attached hydrogens (tertiary/aromatic N) is 3. The number of nitrogens with one attached hydrogen (secondary N) is 2. The number of aliphatic imine (C=N–C) groups is 1. The average molecular weight is 495 g/mol. The molecular weight excluding hydrogens is 461 g/mol. The molecule has 1 saturated heterocycles. The summed E-state index contributed by atoms with van der Waals surface area (Å²) in [5.74, 6) is 0.881. The molecule has 2 amide bonds. The molecular formula is C18H34IN5O3. The number of carbonyl (C=O) groups excluding carboxylic acids is 2. The monoisotopic (exact) mass is 495 g/mol. The Morgan fingerprint density at radius 1 is 1.33 bits per heavy atom. The molecule has 2 aliphatic heterocycles. The zero-order chi connectivity index (χ0) is 19.3.